The van der Waals surface area contributed by atoms with Crippen LogP contribution in [0.5, 0.6) is 11.5 Å². The van der Waals surface area contributed by atoms with Gasteiger partial charge in [0.05, 0.1) is 36.7 Å². The molecule has 44 heavy (non-hydrogen) atoms. The average Bonchev–Trinajstić information content (AvgIpc) is 3.77. The normalized spacial score (nSPS) is 10.8. The molecule has 0 bridgehead atoms. The van der Waals surface area contributed by atoms with Gasteiger partial charge in [0.15, 0.2) is 0 Å². The smallest absolute Gasteiger partial charge is 0.255 e. The van der Waals surface area contributed by atoms with E-state index in [0.29, 0.717) is 60.4 Å². The number of para-hydroxylation sites is 2. The molecule has 2 aromatic heterocycles. The maximum Gasteiger partial charge on any atom is 0.255 e. The molecular weight excluding hydrogens is 556 g/mol. The first-order valence-corrected chi connectivity index (χ1v) is 14.5. The largest absolute Gasteiger partial charge is 0.488 e. The van der Waals surface area contributed by atoms with Crippen molar-refractivity contribution >= 4 is 11.8 Å². The van der Waals surface area contributed by atoms with Crippen molar-refractivity contribution in [3.63, 3.8) is 0 Å². The summed E-state index contributed by atoms with van der Waals surface area (Å²) in [6.07, 6.45) is 3.15. The maximum atomic E-state index is 12.9. The Hall–Kier alpha value is -5.24. The zero-order valence-electron chi connectivity index (χ0n) is 25.4. The van der Waals surface area contributed by atoms with Gasteiger partial charge in [-0.3, -0.25) is 9.59 Å². The highest BCUT2D eigenvalue weighted by atomic mass is 16.5. The molecule has 0 aliphatic rings. The third-order valence-electron chi connectivity index (χ3n) is 7.95. The predicted molar refractivity (Wildman–Crippen MR) is 167 cm³/mol. The fraction of sp³-hybridized carbons (Fsp3) is 0.222. The van der Waals surface area contributed by atoms with Crippen molar-refractivity contribution in [2.75, 3.05) is 0 Å². The Morgan fingerprint density at radius 1 is 0.568 bits per heavy atom. The number of rotatable bonds is 12. The number of furan rings is 2. The molecule has 2 heterocycles. The zero-order chi connectivity index (χ0) is 31.1. The molecule has 8 heteroatoms. The number of nitrogens with one attached hydrogen (secondary N) is 2. The Labute approximate surface area is 257 Å². The van der Waals surface area contributed by atoms with E-state index in [4.69, 9.17) is 18.3 Å². The van der Waals surface area contributed by atoms with E-state index < -0.39 is 0 Å². The van der Waals surface area contributed by atoms with E-state index in [1.807, 2.05) is 36.4 Å². The Balaban J connectivity index is 1.28. The van der Waals surface area contributed by atoms with Crippen molar-refractivity contribution < 1.29 is 27.9 Å². The van der Waals surface area contributed by atoms with Crippen LogP contribution in [0.2, 0.25) is 0 Å². The number of amides is 2. The summed E-state index contributed by atoms with van der Waals surface area (Å²) in [6, 6.07) is 21.6. The van der Waals surface area contributed by atoms with E-state index in [1.54, 1.807) is 48.9 Å². The van der Waals surface area contributed by atoms with Gasteiger partial charge in [0, 0.05) is 0 Å². The van der Waals surface area contributed by atoms with Crippen molar-refractivity contribution in [1.29, 1.82) is 0 Å². The molecule has 2 amide bonds. The summed E-state index contributed by atoms with van der Waals surface area (Å²) >= 11 is 0. The van der Waals surface area contributed by atoms with Crippen LogP contribution in [-0.2, 0) is 26.3 Å². The fourth-order valence-corrected chi connectivity index (χ4v) is 5.11. The van der Waals surface area contributed by atoms with Crippen molar-refractivity contribution in [2.24, 2.45) is 0 Å². The van der Waals surface area contributed by atoms with E-state index in [1.165, 1.54) is 0 Å². The van der Waals surface area contributed by atoms with Gasteiger partial charge >= 0.3 is 0 Å². The molecule has 0 atom stereocenters. The number of hydrogen-bond donors (Lipinski definition) is 2. The van der Waals surface area contributed by atoms with Crippen molar-refractivity contribution in [2.45, 2.75) is 54.0 Å². The summed E-state index contributed by atoms with van der Waals surface area (Å²) in [4.78, 5) is 25.9. The van der Waals surface area contributed by atoms with Crippen LogP contribution in [-0.4, -0.2) is 11.8 Å². The monoisotopic (exact) mass is 592 g/mol. The van der Waals surface area contributed by atoms with E-state index in [2.05, 4.69) is 38.3 Å². The first-order valence-electron chi connectivity index (χ1n) is 14.5. The molecule has 0 saturated carbocycles. The lowest BCUT2D eigenvalue weighted by Crippen LogP contribution is -2.23. The van der Waals surface area contributed by atoms with Crippen LogP contribution in [0.4, 0.5) is 0 Å². The third kappa shape index (κ3) is 6.86. The molecule has 0 spiro atoms. The highest BCUT2D eigenvalue weighted by molar-refractivity contribution is 5.97. The minimum Gasteiger partial charge on any atom is -0.488 e. The van der Waals surface area contributed by atoms with Gasteiger partial charge in [-0.05, 0) is 110 Å². The summed E-state index contributed by atoms with van der Waals surface area (Å²) in [7, 11) is 0. The quantitative estimate of drug-likeness (QED) is 0.160. The van der Waals surface area contributed by atoms with Crippen LogP contribution < -0.4 is 20.1 Å². The van der Waals surface area contributed by atoms with Crippen molar-refractivity contribution in [3.8, 4) is 11.5 Å². The lowest BCUT2D eigenvalue weighted by Gasteiger charge is -2.22. The van der Waals surface area contributed by atoms with Crippen LogP contribution in [0.1, 0.15) is 65.6 Å². The van der Waals surface area contributed by atoms with Crippen LogP contribution in [0.15, 0.2) is 94.2 Å². The second-order valence-electron chi connectivity index (χ2n) is 10.6. The molecule has 0 saturated heterocycles. The molecular formula is C36H36N2O6. The summed E-state index contributed by atoms with van der Waals surface area (Å²) in [5.74, 6) is 1.89. The van der Waals surface area contributed by atoms with E-state index in [-0.39, 0.29) is 11.8 Å². The predicted octanol–water partition coefficient (Wildman–Crippen LogP) is 7.12. The number of hydrogen-bond acceptors (Lipinski definition) is 6. The van der Waals surface area contributed by atoms with Crippen LogP contribution >= 0.6 is 0 Å². The van der Waals surface area contributed by atoms with Gasteiger partial charge < -0.3 is 28.9 Å². The summed E-state index contributed by atoms with van der Waals surface area (Å²) < 4.78 is 23.1. The lowest BCUT2D eigenvalue weighted by atomic mass is 9.89. The van der Waals surface area contributed by atoms with Gasteiger partial charge in [-0.2, -0.15) is 0 Å². The van der Waals surface area contributed by atoms with Gasteiger partial charge in [0.2, 0.25) is 0 Å². The molecule has 5 rings (SSSR count). The number of carbonyl (C=O) groups is 2. The minimum absolute atomic E-state index is 0.236. The Bertz CT molecular complexity index is 1580. The standard InChI is InChI=1S/C36H36N2O6/c1-23-24(2)32(22-44-34-16-8-6-14-30(34)36(40)38-20-28-12-10-18-42-28)26(4)25(3)31(23)21-43-33-15-7-5-13-29(33)35(39)37-19-27-11-9-17-41-27/h5-18H,19-22H2,1-4H3,(H,37,39)(H,38,40). The fourth-order valence-electron chi connectivity index (χ4n) is 5.11. The second-order valence-corrected chi connectivity index (χ2v) is 10.6. The highest BCUT2D eigenvalue weighted by Crippen LogP contribution is 2.30. The van der Waals surface area contributed by atoms with Crippen molar-refractivity contribution in [1.82, 2.24) is 10.6 Å². The molecule has 5 aromatic rings. The van der Waals surface area contributed by atoms with Gasteiger partial charge in [-0.15, -0.1) is 0 Å². The molecule has 0 aliphatic carbocycles. The number of carbonyl (C=O) groups excluding carboxylic acids is 2. The van der Waals surface area contributed by atoms with E-state index in [0.717, 1.165) is 33.4 Å². The molecule has 226 valence electrons. The maximum absolute atomic E-state index is 12.9. The van der Waals surface area contributed by atoms with Crippen LogP contribution in [0.3, 0.4) is 0 Å². The van der Waals surface area contributed by atoms with Gasteiger partial charge in [-0.1, -0.05) is 24.3 Å². The van der Waals surface area contributed by atoms with E-state index >= 15 is 0 Å². The van der Waals surface area contributed by atoms with Gasteiger partial charge in [0.1, 0.15) is 36.2 Å². The summed E-state index contributed by atoms with van der Waals surface area (Å²) in [6.45, 7) is 9.48. The first-order chi connectivity index (χ1) is 21.3. The second kappa shape index (κ2) is 13.8. The Kier molecular flexibility index (Phi) is 9.49. The zero-order valence-corrected chi connectivity index (χ0v) is 25.4. The number of benzene rings is 3. The minimum atomic E-state index is -0.236. The molecule has 2 N–H and O–H groups in total. The topological polar surface area (TPSA) is 103 Å². The molecule has 0 fully saturated rings. The van der Waals surface area contributed by atoms with Gasteiger partial charge in [-0.25, -0.2) is 0 Å². The lowest BCUT2D eigenvalue weighted by molar-refractivity contribution is 0.0935. The molecule has 0 unspecified atom stereocenters. The highest BCUT2D eigenvalue weighted by Gasteiger charge is 2.19. The molecule has 3 aromatic carbocycles. The Morgan fingerprint density at radius 3 is 1.32 bits per heavy atom. The molecule has 0 radical (unpaired) electrons. The Morgan fingerprint density at radius 2 is 0.955 bits per heavy atom. The molecule has 0 aliphatic heterocycles. The van der Waals surface area contributed by atoms with Crippen molar-refractivity contribution in [3.05, 3.63) is 141 Å². The van der Waals surface area contributed by atoms with E-state index in [9.17, 15) is 9.59 Å². The number of ether oxygens (including phenoxy) is 2. The average molecular weight is 593 g/mol. The third-order valence-corrected chi connectivity index (χ3v) is 7.95. The molecule has 8 nitrogen and oxygen atoms in total. The van der Waals surface area contributed by atoms with Crippen LogP contribution in [0.25, 0.3) is 0 Å². The van der Waals surface area contributed by atoms with Crippen LogP contribution in [0, 0.1) is 27.7 Å². The summed E-state index contributed by atoms with van der Waals surface area (Å²) in [5, 5.41) is 5.77. The first kappa shape index (κ1) is 30.2. The SMILES string of the molecule is Cc1c(C)c(COc2ccccc2C(=O)NCc2ccco2)c(C)c(C)c1COc1ccccc1C(=O)NCc1ccco1. The van der Waals surface area contributed by atoms with Gasteiger partial charge in [0.25, 0.3) is 11.8 Å². The summed E-state index contributed by atoms with van der Waals surface area (Å²) in [5.41, 5.74) is 7.41.